The van der Waals surface area contributed by atoms with Crippen LogP contribution in [0.25, 0.3) is 0 Å². The van der Waals surface area contributed by atoms with E-state index in [1.54, 1.807) is 36.4 Å². The summed E-state index contributed by atoms with van der Waals surface area (Å²) in [6.45, 7) is 0.547. The van der Waals surface area contributed by atoms with Crippen LogP contribution in [0, 0.1) is 0 Å². The summed E-state index contributed by atoms with van der Waals surface area (Å²) in [6.07, 6.45) is 2.06. The summed E-state index contributed by atoms with van der Waals surface area (Å²) in [5, 5.41) is 5.51. The van der Waals surface area contributed by atoms with Gasteiger partial charge in [0.15, 0.2) is 0 Å². The molecule has 6 nitrogen and oxygen atoms in total. The van der Waals surface area contributed by atoms with Crippen molar-refractivity contribution < 1.29 is 14.3 Å². The molecule has 0 saturated heterocycles. The average Bonchev–Trinajstić information content (AvgIpc) is 3.64. The number of carbonyl (C=O) groups is 2. The van der Waals surface area contributed by atoms with Crippen LogP contribution in [-0.4, -0.2) is 12.0 Å². The van der Waals surface area contributed by atoms with Crippen LogP contribution in [0.15, 0.2) is 72.8 Å². The van der Waals surface area contributed by atoms with E-state index in [0.717, 1.165) is 11.1 Å². The van der Waals surface area contributed by atoms with Crippen molar-refractivity contribution in [3.8, 4) is 0 Å². The topological polar surface area (TPSA) is 93.5 Å². The predicted molar refractivity (Wildman–Crippen MR) is 121 cm³/mol. The molecule has 0 aromatic heterocycles. The highest BCUT2D eigenvalue weighted by Crippen LogP contribution is 2.39. The first-order valence-electron chi connectivity index (χ1n) is 10.3. The molecule has 0 atom stereocenters. The van der Waals surface area contributed by atoms with Gasteiger partial charge in [-0.05, 0) is 59.7 Å². The zero-order valence-corrected chi connectivity index (χ0v) is 17.1. The lowest BCUT2D eigenvalue weighted by Crippen LogP contribution is -2.23. The molecule has 0 bridgehead atoms. The highest BCUT2D eigenvalue weighted by molar-refractivity contribution is 6.05. The van der Waals surface area contributed by atoms with Crippen molar-refractivity contribution in [1.82, 2.24) is 5.32 Å². The van der Waals surface area contributed by atoms with Crippen molar-refractivity contribution in [1.29, 1.82) is 0 Å². The highest BCUT2D eigenvalue weighted by atomic mass is 16.5. The van der Waals surface area contributed by atoms with Crippen LogP contribution in [-0.2, 0) is 17.9 Å². The molecule has 4 rings (SSSR count). The number of rotatable bonds is 7. The number of hydrogen-bond acceptors (Lipinski definition) is 4. The number of nitrogens with one attached hydrogen (secondary N) is 2. The summed E-state index contributed by atoms with van der Waals surface area (Å²) in [5.41, 5.74) is 10.6. The number of nitrogens with two attached hydrogens (primary N) is 1. The van der Waals surface area contributed by atoms with E-state index in [-0.39, 0.29) is 12.5 Å². The van der Waals surface area contributed by atoms with E-state index in [1.807, 2.05) is 24.3 Å². The summed E-state index contributed by atoms with van der Waals surface area (Å²) in [5.74, 6) is 0.469. The number of anilines is 2. The van der Waals surface area contributed by atoms with Gasteiger partial charge in [0.2, 0.25) is 0 Å². The minimum absolute atomic E-state index is 0.235. The lowest BCUT2D eigenvalue weighted by molar-refractivity contribution is 0.102. The standard InChI is InChI=1S/C25H25N3O3/c26-22-3-1-2-4-23(22)28-24(29)21-11-5-17(6-12-21)15-27-25(30)31-16-18-7-9-19(10-8-18)20-13-14-20/h1-12,20H,13-16,26H2,(H,27,30)(H,28,29). The molecule has 1 aliphatic rings. The molecule has 0 aliphatic heterocycles. The van der Waals surface area contributed by atoms with Crippen molar-refractivity contribution >= 4 is 23.4 Å². The molecule has 158 valence electrons. The zero-order valence-electron chi connectivity index (χ0n) is 17.1. The number of amides is 2. The summed E-state index contributed by atoms with van der Waals surface area (Å²) in [7, 11) is 0. The molecule has 0 spiro atoms. The minimum atomic E-state index is -0.479. The molecule has 4 N–H and O–H groups in total. The number of benzene rings is 3. The first kappa shape index (κ1) is 20.5. The number of ether oxygens (including phenoxy) is 1. The van der Waals surface area contributed by atoms with Crippen molar-refractivity contribution in [3.63, 3.8) is 0 Å². The molecule has 2 amide bonds. The van der Waals surface area contributed by atoms with Crippen LogP contribution >= 0.6 is 0 Å². The Bertz CT molecular complexity index is 1060. The quantitative estimate of drug-likeness (QED) is 0.482. The van der Waals surface area contributed by atoms with E-state index in [9.17, 15) is 9.59 Å². The minimum Gasteiger partial charge on any atom is -0.445 e. The second kappa shape index (κ2) is 9.34. The Labute approximate surface area is 181 Å². The molecule has 1 aliphatic carbocycles. The van der Waals surface area contributed by atoms with Gasteiger partial charge in [0, 0.05) is 12.1 Å². The van der Waals surface area contributed by atoms with E-state index in [2.05, 4.69) is 22.8 Å². The van der Waals surface area contributed by atoms with Gasteiger partial charge in [0.05, 0.1) is 11.4 Å². The Hall–Kier alpha value is -3.80. The highest BCUT2D eigenvalue weighted by Gasteiger charge is 2.22. The van der Waals surface area contributed by atoms with E-state index < -0.39 is 6.09 Å². The second-order valence-corrected chi connectivity index (χ2v) is 7.68. The lowest BCUT2D eigenvalue weighted by atomic mass is 10.1. The van der Waals surface area contributed by atoms with Gasteiger partial charge in [-0.1, -0.05) is 48.5 Å². The molecule has 31 heavy (non-hydrogen) atoms. The Balaban J connectivity index is 1.22. The molecular formula is C25H25N3O3. The molecular weight excluding hydrogens is 390 g/mol. The summed E-state index contributed by atoms with van der Waals surface area (Å²) in [6, 6.07) is 22.3. The second-order valence-electron chi connectivity index (χ2n) is 7.68. The molecule has 6 heteroatoms. The average molecular weight is 415 g/mol. The predicted octanol–water partition coefficient (Wildman–Crippen LogP) is 4.82. The third-order valence-corrected chi connectivity index (χ3v) is 5.26. The third-order valence-electron chi connectivity index (χ3n) is 5.26. The largest absolute Gasteiger partial charge is 0.445 e. The molecule has 3 aromatic carbocycles. The van der Waals surface area contributed by atoms with Gasteiger partial charge in [-0.2, -0.15) is 0 Å². The Morgan fingerprint density at radius 1 is 0.903 bits per heavy atom. The van der Waals surface area contributed by atoms with E-state index in [0.29, 0.717) is 29.4 Å². The van der Waals surface area contributed by atoms with Gasteiger partial charge in [-0.25, -0.2) is 4.79 Å². The first-order chi connectivity index (χ1) is 15.1. The van der Waals surface area contributed by atoms with Gasteiger partial charge in [0.25, 0.3) is 5.91 Å². The maximum absolute atomic E-state index is 12.4. The van der Waals surface area contributed by atoms with Crippen LogP contribution in [0.5, 0.6) is 0 Å². The lowest BCUT2D eigenvalue weighted by Gasteiger charge is -2.09. The normalized spacial score (nSPS) is 12.8. The number of nitrogen functional groups attached to an aromatic ring is 1. The third kappa shape index (κ3) is 5.63. The molecule has 1 fully saturated rings. The van der Waals surface area contributed by atoms with Crippen molar-refractivity contribution in [2.45, 2.75) is 31.9 Å². The number of para-hydroxylation sites is 2. The molecule has 0 heterocycles. The number of alkyl carbamates (subject to hydrolysis) is 1. The zero-order chi connectivity index (χ0) is 21.6. The maximum atomic E-state index is 12.4. The summed E-state index contributed by atoms with van der Waals surface area (Å²) in [4.78, 5) is 24.3. The number of carbonyl (C=O) groups excluding carboxylic acids is 2. The van der Waals surface area contributed by atoms with Crippen LogP contribution < -0.4 is 16.4 Å². The number of hydrogen-bond donors (Lipinski definition) is 3. The van der Waals surface area contributed by atoms with Gasteiger partial charge in [-0.15, -0.1) is 0 Å². The van der Waals surface area contributed by atoms with Crippen LogP contribution in [0.4, 0.5) is 16.2 Å². The maximum Gasteiger partial charge on any atom is 0.407 e. The van der Waals surface area contributed by atoms with Crippen LogP contribution in [0.3, 0.4) is 0 Å². The molecule has 3 aromatic rings. The van der Waals surface area contributed by atoms with Gasteiger partial charge < -0.3 is 21.1 Å². The van der Waals surface area contributed by atoms with Gasteiger partial charge in [0.1, 0.15) is 6.61 Å². The SMILES string of the molecule is Nc1ccccc1NC(=O)c1ccc(CNC(=O)OCc2ccc(C3CC3)cc2)cc1. The smallest absolute Gasteiger partial charge is 0.407 e. The van der Waals surface area contributed by atoms with E-state index in [1.165, 1.54) is 18.4 Å². The fourth-order valence-electron chi connectivity index (χ4n) is 3.26. The molecule has 0 unspecified atom stereocenters. The fourth-order valence-corrected chi connectivity index (χ4v) is 3.26. The monoisotopic (exact) mass is 415 g/mol. The van der Waals surface area contributed by atoms with Crippen molar-refractivity contribution in [2.24, 2.45) is 0 Å². The molecule has 1 saturated carbocycles. The van der Waals surface area contributed by atoms with Crippen LogP contribution in [0.2, 0.25) is 0 Å². The van der Waals surface area contributed by atoms with Gasteiger partial charge in [-0.3, -0.25) is 4.79 Å². The Morgan fingerprint density at radius 2 is 1.58 bits per heavy atom. The van der Waals surface area contributed by atoms with E-state index in [4.69, 9.17) is 10.5 Å². The van der Waals surface area contributed by atoms with Gasteiger partial charge >= 0.3 is 6.09 Å². The summed E-state index contributed by atoms with van der Waals surface area (Å²) >= 11 is 0. The Morgan fingerprint density at radius 3 is 2.26 bits per heavy atom. The first-order valence-corrected chi connectivity index (χ1v) is 10.3. The van der Waals surface area contributed by atoms with Crippen LogP contribution in [0.1, 0.15) is 45.8 Å². The van der Waals surface area contributed by atoms with Crippen molar-refractivity contribution in [3.05, 3.63) is 95.1 Å². The molecule has 0 radical (unpaired) electrons. The Kier molecular flexibility index (Phi) is 6.17. The van der Waals surface area contributed by atoms with Crippen molar-refractivity contribution in [2.75, 3.05) is 11.1 Å². The van der Waals surface area contributed by atoms with E-state index >= 15 is 0 Å². The fraction of sp³-hybridized carbons (Fsp3) is 0.200. The summed E-state index contributed by atoms with van der Waals surface area (Å²) < 4.78 is 5.28.